The summed E-state index contributed by atoms with van der Waals surface area (Å²) in [5.74, 6) is 0. The SMILES string of the molecule is CC[N+](/C=C/C(=S)c1ccccc1)(CC)CC. The molecule has 0 spiro atoms. The summed E-state index contributed by atoms with van der Waals surface area (Å²) in [6, 6.07) is 10.2. The third kappa shape index (κ3) is 3.76. The van der Waals surface area contributed by atoms with E-state index >= 15 is 0 Å². The molecule has 0 saturated carbocycles. The monoisotopic (exact) mass is 248 g/mol. The molecule has 0 N–H and O–H groups in total. The van der Waals surface area contributed by atoms with Crippen LogP contribution < -0.4 is 0 Å². The molecule has 0 amide bonds. The zero-order valence-corrected chi connectivity index (χ0v) is 11.8. The molecular formula is C15H22NS+. The van der Waals surface area contributed by atoms with Gasteiger partial charge in [0.1, 0.15) is 0 Å². The van der Waals surface area contributed by atoms with Gasteiger partial charge < -0.3 is 0 Å². The Kier molecular flexibility index (Phi) is 5.52. The van der Waals surface area contributed by atoms with Crippen molar-refractivity contribution >= 4 is 17.1 Å². The molecule has 1 rings (SSSR count). The summed E-state index contributed by atoms with van der Waals surface area (Å²) in [6.07, 6.45) is 4.33. The Labute approximate surface area is 110 Å². The van der Waals surface area contributed by atoms with Crippen LogP contribution in [-0.4, -0.2) is 29.0 Å². The largest absolute Gasteiger partial charge is 0.298 e. The fourth-order valence-corrected chi connectivity index (χ4v) is 2.11. The summed E-state index contributed by atoms with van der Waals surface area (Å²) < 4.78 is 0.993. The number of nitrogens with zero attached hydrogens (tertiary/aromatic N) is 1. The van der Waals surface area contributed by atoms with Gasteiger partial charge in [-0.2, -0.15) is 0 Å². The fourth-order valence-electron chi connectivity index (χ4n) is 1.91. The molecule has 0 atom stereocenters. The molecule has 0 saturated heterocycles. The van der Waals surface area contributed by atoms with Crippen LogP contribution in [0.3, 0.4) is 0 Å². The van der Waals surface area contributed by atoms with Gasteiger partial charge >= 0.3 is 0 Å². The molecule has 1 nitrogen and oxygen atoms in total. The Morgan fingerprint density at radius 1 is 1.06 bits per heavy atom. The van der Waals surface area contributed by atoms with E-state index in [1.807, 2.05) is 18.2 Å². The van der Waals surface area contributed by atoms with Crippen molar-refractivity contribution in [1.29, 1.82) is 0 Å². The minimum Gasteiger partial charge on any atom is -0.298 e. The highest BCUT2D eigenvalue weighted by molar-refractivity contribution is 7.81. The van der Waals surface area contributed by atoms with E-state index in [2.05, 4.69) is 45.2 Å². The minimum atomic E-state index is 0.920. The molecular weight excluding hydrogens is 226 g/mol. The molecule has 0 heterocycles. The lowest BCUT2D eigenvalue weighted by Gasteiger charge is -2.31. The van der Waals surface area contributed by atoms with Crippen molar-refractivity contribution in [1.82, 2.24) is 0 Å². The van der Waals surface area contributed by atoms with E-state index in [1.165, 1.54) is 0 Å². The van der Waals surface area contributed by atoms with Crippen LogP contribution in [-0.2, 0) is 0 Å². The summed E-state index contributed by atoms with van der Waals surface area (Å²) in [7, 11) is 0. The second kappa shape index (κ2) is 6.67. The zero-order chi connectivity index (χ0) is 12.7. The summed E-state index contributed by atoms with van der Waals surface area (Å²) in [5, 5.41) is 0. The van der Waals surface area contributed by atoms with Gasteiger partial charge in [-0.05, 0) is 26.3 Å². The first kappa shape index (κ1) is 14.1. The maximum atomic E-state index is 5.44. The van der Waals surface area contributed by atoms with E-state index in [0.717, 1.165) is 34.5 Å². The lowest BCUT2D eigenvalue weighted by molar-refractivity contribution is -0.874. The molecule has 17 heavy (non-hydrogen) atoms. The molecule has 0 fully saturated rings. The Bertz CT molecular complexity index is 369. The van der Waals surface area contributed by atoms with E-state index in [0.29, 0.717) is 0 Å². The van der Waals surface area contributed by atoms with Crippen LogP contribution in [0.5, 0.6) is 0 Å². The predicted octanol–water partition coefficient (Wildman–Crippen LogP) is 3.79. The Balaban J connectivity index is 2.80. The van der Waals surface area contributed by atoms with Gasteiger partial charge in [0.15, 0.2) is 0 Å². The van der Waals surface area contributed by atoms with Crippen molar-refractivity contribution in [3.05, 3.63) is 48.2 Å². The van der Waals surface area contributed by atoms with Gasteiger partial charge in [0.25, 0.3) is 0 Å². The van der Waals surface area contributed by atoms with Crippen molar-refractivity contribution in [2.24, 2.45) is 0 Å². The zero-order valence-electron chi connectivity index (χ0n) is 11.0. The van der Waals surface area contributed by atoms with E-state index in [9.17, 15) is 0 Å². The molecule has 0 aliphatic carbocycles. The number of hydrogen-bond acceptors (Lipinski definition) is 1. The molecule has 2 heteroatoms. The van der Waals surface area contributed by atoms with Gasteiger partial charge in [0.05, 0.1) is 30.7 Å². The van der Waals surface area contributed by atoms with E-state index < -0.39 is 0 Å². The van der Waals surface area contributed by atoms with Crippen LogP contribution in [0.15, 0.2) is 42.6 Å². The summed E-state index contributed by atoms with van der Waals surface area (Å²) >= 11 is 5.44. The third-order valence-electron chi connectivity index (χ3n) is 3.49. The Morgan fingerprint density at radius 2 is 1.59 bits per heavy atom. The number of quaternary nitrogens is 1. The maximum absolute atomic E-state index is 5.44. The van der Waals surface area contributed by atoms with E-state index in [-0.39, 0.29) is 0 Å². The normalized spacial score (nSPS) is 11.9. The van der Waals surface area contributed by atoms with Crippen molar-refractivity contribution in [3.63, 3.8) is 0 Å². The molecule has 1 aromatic rings. The Hall–Kier alpha value is -0.990. The molecule has 1 aromatic carbocycles. The van der Waals surface area contributed by atoms with E-state index in [4.69, 9.17) is 12.2 Å². The predicted molar refractivity (Wildman–Crippen MR) is 79.2 cm³/mol. The number of benzene rings is 1. The van der Waals surface area contributed by atoms with Gasteiger partial charge in [-0.15, -0.1) is 0 Å². The smallest absolute Gasteiger partial charge is 0.0973 e. The first-order chi connectivity index (χ1) is 8.17. The van der Waals surface area contributed by atoms with Crippen molar-refractivity contribution in [2.75, 3.05) is 19.6 Å². The average Bonchev–Trinajstić information content (AvgIpc) is 2.41. The number of allylic oxidation sites excluding steroid dienone is 1. The van der Waals surface area contributed by atoms with Gasteiger partial charge in [0, 0.05) is 6.08 Å². The lowest BCUT2D eigenvalue weighted by atomic mass is 10.1. The second-order valence-corrected chi connectivity index (χ2v) is 4.65. The average molecular weight is 248 g/mol. The fraction of sp³-hybridized carbons (Fsp3) is 0.400. The van der Waals surface area contributed by atoms with Crippen LogP contribution in [0, 0.1) is 0 Å². The van der Waals surface area contributed by atoms with Crippen LogP contribution in [0.1, 0.15) is 26.3 Å². The van der Waals surface area contributed by atoms with Gasteiger partial charge in [-0.25, -0.2) is 0 Å². The Morgan fingerprint density at radius 3 is 2.06 bits per heavy atom. The van der Waals surface area contributed by atoms with Gasteiger partial charge in [-0.1, -0.05) is 42.5 Å². The van der Waals surface area contributed by atoms with Crippen LogP contribution >= 0.6 is 12.2 Å². The third-order valence-corrected chi connectivity index (χ3v) is 3.86. The first-order valence-electron chi connectivity index (χ1n) is 6.32. The molecule has 0 unspecified atom stereocenters. The topological polar surface area (TPSA) is 0 Å². The highest BCUT2D eigenvalue weighted by Crippen LogP contribution is 2.09. The summed E-state index contributed by atoms with van der Waals surface area (Å²) in [4.78, 5) is 0.920. The molecule has 0 radical (unpaired) electrons. The van der Waals surface area contributed by atoms with Crippen LogP contribution in [0.4, 0.5) is 0 Å². The van der Waals surface area contributed by atoms with Gasteiger partial charge in [-0.3, -0.25) is 4.48 Å². The summed E-state index contributed by atoms with van der Waals surface area (Å²) in [6.45, 7) is 10.0. The molecule has 0 aliphatic heterocycles. The summed E-state index contributed by atoms with van der Waals surface area (Å²) in [5.41, 5.74) is 1.13. The molecule has 0 bridgehead atoms. The molecule has 92 valence electrons. The number of thiocarbonyl (C=S) groups is 1. The maximum Gasteiger partial charge on any atom is 0.0973 e. The highest BCUT2D eigenvalue weighted by atomic mass is 32.1. The highest BCUT2D eigenvalue weighted by Gasteiger charge is 2.16. The molecule has 0 aliphatic rings. The quantitative estimate of drug-likeness (QED) is 0.319. The van der Waals surface area contributed by atoms with Crippen LogP contribution in [0.25, 0.3) is 0 Å². The first-order valence-corrected chi connectivity index (χ1v) is 6.72. The van der Waals surface area contributed by atoms with E-state index in [1.54, 1.807) is 0 Å². The molecule has 0 aromatic heterocycles. The van der Waals surface area contributed by atoms with Crippen molar-refractivity contribution < 1.29 is 4.48 Å². The number of rotatable bonds is 6. The lowest BCUT2D eigenvalue weighted by Crippen LogP contribution is -2.42. The van der Waals surface area contributed by atoms with Gasteiger partial charge in [0.2, 0.25) is 0 Å². The van der Waals surface area contributed by atoms with Crippen molar-refractivity contribution in [2.45, 2.75) is 20.8 Å². The van der Waals surface area contributed by atoms with Crippen LogP contribution in [0.2, 0.25) is 0 Å². The standard InChI is InChI=1S/C15H22NS/c1-4-16(5-2,6-3)13-12-15(17)14-10-8-7-9-11-14/h7-13H,4-6H2,1-3H3/q+1/b13-12+. The second-order valence-electron chi connectivity index (χ2n) is 4.21. The minimum absolute atomic E-state index is 0.920. The number of hydrogen-bond donors (Lipinski definition) is 0. The van der Waals surface area contributed by atoms with Crippen molar-refractivity contribution in [3.8, 4) is 0 Å².